The second kappa shape index (κ2) is 4.64. The van der Waals surface area contributed by atoms with Gasteiger partial charge in [-0.2, -0.15) is 0 Å². The van der Waals surface area contributed by atoms with E-state index in [1.165, 1.54) is 0 Å². The molecule has 5 nitrogen and oxygen atoms in total. The van der Waals surface area contributed by atoms with E-state index in [0.717, 1.165) is 33.9 Å². The van der Waals surface area contributed by atoms with Crippen LogP contribution in [0.5, 0.6) is 5.75 Å². The maximum absolute atomic E-state index is 10.9. The normalized spacial score (nSPS) is 10.9. The van der Waals surface area contributed by atoms with Crippen molar-refractivity contribution in [3.8, 4) is 17.0 Å². The molecule has 0 unspecified atom stereocenters. The summed E-state index contributed by atoms with van der Waals surface area (Å²) in [5, 5.41) is 8.96. The lowest BCUT2D eigenvalue weighted by molar-refractivity contribution is 0.0702. The Bertz CT molecular complexity index is 772. The Labute approximate surface area is 119 Å². The molecule has 0 fully saturated rings. The lowest BCUT2D eigenvalue weighted by Crippen LogP contribution is -1.91. The van der Waals surface area contributed by atoms with Crippen LogP contribution < -0.4 is 4.74 Å². The molecular weight excluding hydrogens is 276 g/mol. The van der Waals surface area contributed by atoms with Crippen LogP contribution in [0.2, 0.25) is 0 Å². The molecule has 0 saturated carbocycles. The second-order valence-corrected chi connectivity index (χ2v) is 5.43. The van der Waals surface area contributed by atoms with Gasteiger partial charge in [0.2, 0.25) is 0 Å². The fourth-order valence-corrected chi connectivity index (χ4v) is 2.85. The molecule has 0 atom stereocenters. The number of nitrogens with zero attached hydrogens (tertiary/aromatic N) is 2. The summed E-state index contributed by atoms with van der Waals surface area (Å²) in [6, 6.07) is 5.88. The molecule has 1 N–H and O–H groups in total. The van der Waals surface area contributed by atoms with Gasteiger partial charge in [-0.15, -0.1) is 0 Å². The number of fused-ring (bicyclic) bond motifs is 1. The maximum Gasteiger partial charge on any atom is 0.347 e. The minimum Gasteiger partial charge on any atom is -0.496 e. The summed E-state index contributed by atoms with van der Waals surface area (Å²) in [7, 11) is 1.62. The third-order valence-corrected chi connectivity index (χ3v) is 3.98. The van der Waals surface area contributed by atoms with Crippen molar-refractivity contribution in [1.29, 1.82) is 0 Å². The van der Waals surface area contributed by atoms with Crippen LogP contribution >= 0.6 is 11.3 Å². The first-order chi connectivity index (χ1) is 9.58. The van der Waals surface area contributed by atoms with Crippen molar-refractivity contribution < 1.29 is 14.6 Å². The van der Waals surface area contributed by atoms with Gasteiger partial charge in [-0.3, -0.25) is 4.40 Å². The van der Waals surface area contributed by atoms with Crippen LogP contribution in [-0.2, 0) is 0 Å². The lowest BCUT2D eigenvalue weighted by atomic mass is 10.1. The van der Waals surface area contributed by atoms with Crippen LogP contribution in [0.1, 0.15) is 15.2 Å². The summed E-state index contributed by atoms with van der Waals surface area (Å²) in [4.78, 5) is 16.3. The number of aryl methyl sites for hydroxylation is 1. The summed E-state index contributed by atoms with van der Waals surface area (Å²) >= 11 is 1.15. The van der Waals surface area contributed by atoms with Crippen LogP contribution in [0.3, 0.4) is 0 Å². The molecule has 0 aliphatic heterocycles. The molecule has 0 bridgehead atoms. The monoisotopic (exact) mass is 288 g/mol. The predicted octanol–water partition coefficient (Wildman–Crippen LogP) is 3.08. The molecule has 3 aromatic rings. The van der Waals surface area contributed by atoms with E-state index in [-0.39, 0.29) is 4.88 Å². The highest BCUT2D eigenvalue weighted by Crippen LogP contribution is 2.31. The fraction of sp³-hybridized carbons (Fsp3) is 0.143. The molecule has 0 amide bonds. The molecular formula is C14H12N2O3S. The first-order valence-corrected chi connectivity index (χ1v) is 6.77. The second-order valence-electron chi connectivity index (χ2n) is 4.42. The van der Waals surface area contributed by atoms with Crippen molar-refractivity contribution in [2.45, 2.75) is 6.92 Å². The molecule has 20 heavy (non-hydrogen) atoms. The first kappa shape index (κ1) is 12.7. The molecule has 6 heteroatoms. The number of thiazole rings is 1. The largest absolute Gasteiger partial charge is 0.496 e. The van der Waals surface area contributed by atoms with Gasteiger partial charge in [0.1, 0.15) is 10.6 Å². The number of aromatic carboxylic acids is 1. The van der Waals surface area contributed by atoms with Crippen molar-refractivity contribution in [3.63, 3.8) is 0 Å². The highest BCUT2D eigenvalue weighted by molar-refractivity contribution is 7.18. The summed E-state index contributed by atoms with van der Waals surface area (Å²) in [6.07, 6.45) is 3.39. The molecule has 0 spiro atoms. The van der Waals surface area contributed by atoms with Crippen molar-refractivity contribution >= 4 is 22.3 Å². The molecule has 1 aromatic carbocycles. The molecule has 0 saturated heterocycles. The minimum atomic E-state index is -0.935. The van der Waals surface area contributed by atoms with Gasteiger partial charge in [0, 0.05) is 18.0 Å². The summed E-state index contributed by atoms with van der Waals surface area (Å²) in [6.45, 7) is 2.00. The highest BCUT2D eigenvalue weighted by Gasteiger charge is 2.14. The maximum atomic E-state index is 10.9. The zero-order valence-corrected chi connectivity index (χ0v) is 11.8. The van der Waals surface area contributed by atoms with Crippen molar-refractivity contribution in [1.82, 2.24) is 9.38 Å². The lowest BCUT2D eigenvalue weighted by Gasteiger charge is -2.06. The van der Waals surface area contributed by atoms with Crippen molar-refractivity contribution in [2.75, 3.05) is 7.11 Å². The molecule has 102 valence electrons. The van der Waals surface area contributed by atoms with Crippen LogP contribution in [0.15, 0.2) is 30.6 Å². The third kappa shape index (κ3) is 2.04. The fourth-order valence-electron chi connectivity index (χ4n) is 2.05. The standard InChI is InChI=1S/C14H12N2O3S/c1-8-3-4-11(19-2)9(5-8)10-6-16-7-12(13(17)18)20-14(16)15-10/h3-7H,1-2H3,(H,17,18). The van der Waals surface area contributed by atoms with E-state index in [1.54, 1.807) is 17.7 Å². The van der Waals surface area contributed by atoms with Crippen molar-refractivity contribution in [2.24, 2.45) is 0 Å². The number of hydrogen-bond acceptors (Lipinski definition) is 4. The number of ether oxygens (including phenoxy) is 1. The van der Waals surface area contributed by atoms with E-state index in [1.807, 2.05) is 31.3 Å². The number of imidazole rings is 1. The summed E-state index contributed by atoms with van der Waals surface area (Å²) < 4.78 is 7.08. The van der Waals surface area contributed by atoms with E-state index >= 15 is 0 Å². The van der Waals surface area contributed by atoms with E-state index in [9.17, 15) is 4.79 Å². The predicted molar refractivity (Wildman–Crippen MR) is 76.8 cm³/mol. The van der Waals surface area contributed by atoms with E-state index in [2.05, 4.69) is 4.98 Å². The smallest absolute Gasteiger partial charge is 0.347 e. The van der Waals surface area contributed by atoms with E-state index < -0.39 is 5.97 Å². The Hall–Kier alpha value is -2.34. The molecule has 2 heterocycles. The average molecular weight is 288 g/mol. The minimum absolute atomic E-state index is 0.273. The van der Waals surface area contributed by atoms with E-state index in [4.69, 9.17) is 9.84 Å². The Morgan fingerprint density at radius 3 is 2.85 bits per heavy atom. The van der Waals surface area contributed by atoms with Gasteiger partial charge >= 0.3 is 5.97 Å². The molecule has 0 aliphatic rings. The summed E-state index contributed by atoms with van der Waals surface area (Å²) in [5.41, 5.74) is 2.79. The van der Waals surface area contributed by atoms with Crippen LogP contribution in [0.4, 0.5) is 0 Å². The zero-order chi connectivity index (χ0) is 14.3. The number of carboxylic acid groups (broad SMARTS) is 1. The van der Waals surface area contributed by atoms with Gasteiger partial charge in [-0.25, -0.2) is 9.78 Å². The van der Waals surface area contributed by atoms with Crippen molar-refractivity contribution in [3.05, 3.63) is 41.0 Å². The highest BCUT2D eigenvalue weighted by atomic mass is 32.1. The zero-order valence-electron chi connectivity index (χ0n) is 11.0. The quantitative estimate of drug-likeness (QED) is 0.804. The Balaban J connectivity index is 2.13. The van der Waals surface area contributed by atoms with Gasteiger partial charge < -0.3 is 9.84 Å². The first-order valence-electron chi connectivity index (χ1n) is 5.95. The number of rotatable bonds is 3. The number of carboxylic acids is 1. The number of benzene rings is 1. The van der Waals surface area contributed by atoms with Gasteiger partial charge in [-0.05, 0) is 19.1 Å². The Morgan fingerprint density at radius 2 is 2.20 bits per heavy atom. The van der Waals surface area contributed by atoms with E-state index in [0.29, 0.717) is 4.96 Å². The molecule has 0 radical (unpaired) electrons. The number of aromatic nitrogens is 2. The molecule has 3 rings (SSSR count). The summed E-state index contributed by atoms with van der Waals surface area (Å²) in [5.74, 6) is -0.185. The average Bonchev–Trinajstić information content (AvgIpc) is 2.96. The number of methoxy groups -OCH3 is 1. The van der Waals surface area contributed by atoms with Crippen LogP contribution in [0.25, 0.3) is 16.2 Å². The van der Waals surface area contributed by atoms with Gasteiger partial charge in [0.25, 0.3) is 0 Å². The number of hydrogen-bond donors (Lipinski definition) is 1. The number of carbonyl (C=O) groups is 1. The Kier molecular flexibility index (Phi) is 2.94. The third-order valence-electron chi connectivity index (χ3n) is 3.00. The topological polar surface area (TPSA) is 63.8 Å². The van der Waals surface area contributed by atoms with Gasteiger partial charge in [0.05, 0.1) is 12.8 Å². The molecule has 0 aliphatic carbocycles. The Morgan fingerprint density at radius 1 is 1.40 bits per heavy atom. The van der Waals surface area contributed by atoms with Gasteiger partial charge in [-0.1, -0.05) is 23.0 Å². The van der Waals surface area contributed by atoms with Gasteiger partial charge in [0.15, 0.2) is 4.96 Å². The molecule has 2 aromatic heterocycles. The van der Waals surface area contributed by atoms with Crippen LogP contribution in [-0.4, -0.2) is 27.6 Å². The SMILES string of the molecule is COc1ccc(C)cc1-c1cn2cc(C(=O)O)sc2n1. The van der Waals surface area contributed by atoms with Crippen LogP contribution in [0, 0.1) is 6.92 Å².